The Labute approximate surface area is 206 Å². The van der Waals surface area contributed by atoms with Crippen molar-refractivity contribution in [3.63, 3.8) is 0 Å². The van der Waals surface area contributed by atoms with E-state index in [0.29, 0.717) is 11.1 Å². The average molecular weight is 494 g/mol. The first kappa shape index (κ1) is 24.7. The number of nitrogens with zero attached hydrogens (tertiary/aromatic N) is 2. The first-order valence-corrected chi connectivity index (χ1v) is 11.2. The Balaban J connectivity index is 1.81. The lowest BCUT2D eigenvalue weighted by atomic mass is 9.79. The molecule has 10 heteroatoms. The molecule has 0 saturated heterocycles. The van der Waals surface area contributed by atoms with Gasteiger partial charge in [0.2, 0.25) is 11.8 Å². The van der Waals surface area contributed by atoms with E-state index in [4.69, 9.17) is 19.9 Å². The number of nitrogens with one attached hydrogen (secondary N) is 1. The van der Waals surface area contributed by atoms with Crippen molar-refractivity contribution in [3.8, 4) is 23.4 Å². The molecule has 2 aromatic carbocycles. The predicted octanol–water partition coefficient (Wildman–Crippen LogP) is 4.82. The van der Waals surface area contributed by atoms with Gasteiger partial charge in [0, 0.05) is 11.1 Å². The van der Waals surface area contributed by atoms with Crippen molar-refractivity contribution in [2.45, 2.75) is 39.0 Å². The lowest BCUT2D eigenvalue weighted by Gasteiger charge is -2.27. The molecule has 0 fully saturated rings. The van der Waals surface area contributed by atoms with Crippen LogP contribution in [0.25, 0.3) is 0 Å². The minimum absolute atomic E-state index is 0.0424. The molecule has 0 unspecified atom stereocenters. The smallest absolute Gasteiger partial charge is 0.349 e. The summed E-state index contributed by atoms with van der Waals surface area (Å²) in [4.78, 5) is 12.6. The molecule has 0 amide bonds. The van der Waals surface area contributed by atoms with Crippen molar-refractivity contribution in [1.29, 1.82) is 5.26 Å². The largest absolute Gasteiger partial charge is 0.490 e. The Morgan fingerprint density at radius 2 is 1.92 bits per heavy atom. The number of ether oxygens (including phenoxy) is 3. The van der Waals surface area contributed by atoms with Crippen LogP contribution in [0.5, 0.6) is 17.4 Å². The third-order valence-corrected chi connectivity index (χ3v) is 5.66. The van der Waals surface area contributed by atoms with E-state index in [1.807, 2.05) is 20.8 Å². The fraction of sp³-hybridized carbons (Fsp3) is 0.269. The van der Waals surface area contributed by atoms with Crippen LogP contribution in [0.3, 0.4) is 0 Å². The number of carbonyl (C=O) groups excluding carboxylic acids is 1. The van der Waals surface area contributed by atoms with Crippen LogP contribution >= 0.6 is 0 Å². The molecule has 0 saturated carbocycles. The number of esters is 1. The number of fused-ring (bicyclic) bond motifs is 1. The number of rotatable bonds is 5. The normalized spacial score (nSPS) is 15.1. The summed E-state index contributed by atoms with van der Waals surface area (Å²) in [6.45, 7) is 7.90. The summed E-state index contributed by atoms with van der Waals surface area (Å²) in [6, 6.07) is 9.85. The van der Waals surface area contributed by atoms with Crippen LogP contribution in [0.4, 0.5) is 8.78 Å². The molecule has 8 nitrogen and oxygen atoms in total. The van der Waals surface area contributed by atoms with Gasteiger partial charge in [-0.2, -0.15) is 5.26 Å². The van der Waals surface area contributed by atoms with Gasteiger partial charge in [-0.3, -0.25) is 5.10 Å². The van der Waals surface area contributed by atoms with Crippen molar-refractivity contribution >= 4 is 5.97 Å². The highest BCUT2D eigenvalue weighted by Gasteiger charge is 2.38. The fourth-order valence-corrected chi connectivity index (χ4v) is 4.05. The standard InChI is InChI=1S/C26H24F2N4O4/c1-5-34-18-11-13(9-10-17(18)35-25(33)20-15(27)7-6-8-16(20)28)19-14(12-29)23(30)36-24-21(19)22(31-32-24)26(2,3)4/h6-11,19H,5,30H2,1-4H3,(H,31,32)/t19-/m0/s1. The summed E-state index contributed by atoms with van der Waals surface area (Å²) in [5.74, 6) is -3.67. The molecule has 0 radical (unpaired) electrons. The first-order valence-electron chi connectivity index (χ1n) is 11.2. The van der Waals surface area contributed by atoms with E-state index in [0.717, 1.165) is 23.9 Å². The molecule has 1 atom stereocenters. The van der Waals surface area contributed by atoms with Crippen LogP contribution in [-0.4, -0.2) is 22.8 Å². The van der Waals surface area contributed by atoms with E-state index < -0.39 is 29.1 Å². The quantitative estimate of drug-likeness (QED) is 0.385. The second kappa shape index (κ2) is 9.34. The predicted molar refractivity (Wildman–Crippen MR) is 126 cm³/mol. The SMILES string of the molecule is CCOc1cc([C@H]2C(C#N)=C(N)Oc3n[nH]c(C(C)(C)C)c32)ccc1OC(=O)c1c(F)cccc1F. The van der Waals surface area contributed by atoms with Gasteiger partial charge in [0.25, 0.3) is 0 Å². The van der Waals surface area contributed by atoms with E-state index in [1.54, 1.807) is 19.1 Å². The summed E-state index contributed by atoms with van der Waals surface area (Å²) in [5.41, 5.74) is 7.04. The second-order valence-corrected chi connectivity index (χ2v) is 9.12. The van der Waals surface area contributed by atoms with Crippen LogP contribution in [0, 0.1) is 23.0 Å². The molecule has 36 heavy (non-hydrogen) atoms. The van der Waals surface area contributed by atoms with Crippen LogP contribution in [0.15, 0.2) is 47.9 Å². The minimum atomic E-state index is -1.21. The third kappa shape index (κ3) is 4.35. The maximum absolute atomic E-state index is 14.1. The van der Waals surface area contributed by atoms with Crippen molar-refractivity contribution < 1.29 is 27.8 Å². The van der Waals surface area contributed by atoms with Gasteiger partial charge in [0.1, 0.15) is 28.8 Å². The zero-order valence-electron chi connectivity index (χ0n) is 20.1. The van der Waals surface area contributed by atoms with Gasteiger partial charge in [-0.15, -0.1) is 5.10 Å². The number of nitriles is 1. The molecule has 3 N–H and O–H groups in total. The number of benzene rings is 2. The monoisotopic (exact) mass is 494 g/mol. The lowest BCUT2D eigenvalue weighted by molar-refractivity contribution is 0.0718. The zero-order valence-corrected chi connectivity index (χ0v) is 20.1. The van der Waals surface area contributed by atoms with Crippen molar-refractivity contribution in [2.75, 3.05) is 6.61 Å². The highest BCUT2D eigenvalue weighted by atomic mass is 19.1. The number of aromatic nitrogens is 2. The molecule has 3 aromatic rings. The molecule has 0 aliphatic carbocycles. The van der Waals surface area contributed by atoms with Crippen molar-refractivity contribution in [3.05, 3.63) is 81.9 Å². The summed E-state index contributed by atoms with van der Waals surface area (Å²) in [5, 5.41) is 17.1. The Bertz CT molecular complexity index is 1400. The zero-order chi connectivity index (χ0) is 26.2. The lowest BCUT2D eigenvalue weighted by Crippen LogP contribution is -2.24. The Morgan fingerprint density at radius 3 is 2.53 bits per heavy atom. The van der Waals surface area contributed by atoms with Crippen LogP contribution in [0.2, 0.25) is 0 Å². The molecule has 0 spiro atoms. The summed E-state index contributed by atoms with van der Waals surface area (Å²) in [6.07, 6.45) is 0. The molecule has 1 aliphatic heterocycles. The average Bonchev–Trinajstić information content (AvgIpc) is 3.23. The highest BCUT2D eigenvalue weighted by Crippen LogP contribution is 2.47. The molecule has 0 bridgehead atoms. The van der Waals surface area contributed by atoms with Gasteiger partial charge in [-0.25, -0.2) is 13.6 Å². The first-order chi connectivity index (χ1) is 17.1. The number of nitrogens with two attached hydrogens (primary N) is 1. The summed E-state index contributed by atoms with van der Waals surface area (Å²) >= 11 is 0. The van der Waals surface area contributed by atoms with E-state index in [2.05, 4.69) is 16.3 Å². The number of aromatic amines is 1. The van der Waals surface area contributed by atoms with Gasteiger partial charge < -0.3 is 19.9 Å². The molecule has 1 aliphatic rings. The van der Waals surface area contributed by atoms with Crippen molar-refractivity contribution in [2.24, 2.45) is 5.73 Å². The van der Waals surface area contributed by atoms with Gasteiger partial charge >= 0.3 is 5.97 Å². The third-order valence-electron chi connectivity index (χ3n) is 5.66. The van der Waals surface area contributed by atoms with Crippen LogP contribution in [0.1, 0.15) is 60.8 Å². The van der Waals surface area contributed by atoms with Gasteiger partial charge in [0.15, 0.2) is 11.5 Å². The number of halogens is 2. The van der Waals surface area contributed by atoms with E-state index in [9.17, 15) is 18.8 Å². The van der Waals surface area contributed by atoms with Gasteiger partial charge in [0.05, 0.1) is 18.1 Å². The molecular formula is C26H24F2N4O4. The number of carbonyl (C=O) groups is 1. The number of hydrogen-bond acceptors (Lipinski definition) is 7. The maximum atomic E-state index is 14.1. The van der Waals surface area contributed by atoms with Crippen LogP contribution < -0.4 is 19.9 Å². The van der Waals surface area contributed by atoms with E-state index >= 15 is 0 Å². The molecule has 2 heterocycles. The number of hydrogen-bond donors (Lipinski definition) is 2. The van der Waals surface area contributed by atoms with E-state index in [-0.39, 0.29) is 40.9 Å². The molecule has 4 rings (SSSR count). The highest BCUT2D eigenvalue weighted by molar-refractivity contribution is 5.92. The number of allylic oxidation sites excluding steroid dienone is 1. The minimum Gasteiger partial charge on any atom is -0.490 e. The maximum Gasteiger partial charge on any atom is 0.349 e. The Hall–Kier alpha value is -4.39. The van der Waals surface area contributed by atoms with Gasteiger partial charge in [-0.05, 0) is 36.8 Å². The Kier molecular flexibility index (Phi) is 6.41. The number of H-pyrrole nitrogens is 1. The molecule has 186 valence electrons. The van der Waals surface area contributed by atoms with Gasteiger partial charge in [-0.1, -0.05) is 32.9 Å². The summed E-state index contributed by atoms with van der Waals surface area (Å²) in [7, 11) is 0. The molecule has 1 aromatic heterocycles. The summed E-state index contributed by atoms with van der Waals surface area (Å²) < 4.78 is 44.8. The fourth-order valence-electron chi connectivity index (χ4n) is 4.05. The van der Waals surface area contributed by atoms with E-state index in [1.165, 1.54) is 6.07 Å². The molecular weight excluding hydrogens is 470 g/mol. The Morgan fingerprint density at radius 1 is 1.22 bits per heavy atom. The topological polar surface area (TPSA) is 123 Å². The second-order valence-electron chi connectivity index (χ2n) is 9.12. The van der Waals surface area contributed by atoms with Crippen LogP contribution in [-0.2, 0) is 5.41 Å². The van der Waals surface area contributed by atoms with Crippen molar-refractivity contribution in [1.82, 2.24) is 10.2 Å².